The number of carbonyl (C=O) groups is 1. The van der Waals surface area contributed by atoms with Gasteiger partial charge in [-0.3, -0.25) is 4.90 Å². The second kappa shape index (κ2) is 5.77. The van der Waals surface area contributed by atoms with Gasteiger partial charge in [0, 0.05) is 38.0 Å². The van der Waals surface area contributed by atoms with Crippen LogP contribution in [-0.4, -0.2) is 66.7 Å². The van der Waals surface area contributed by atoms with Crippen LogP contribution in [0.4, 0.5) is 4.79 Å². The average molecular weight is 244 g/mol. The molecule has 0 saturated carbocycles. The normalized spacial score (nSPS) is 27.8. The minimum atomic E-state index is -0.178. The Balaban J connectivity index is 1.85. The Kier molecular flexibility index (Phi) is 4.35. The van der Waals surface area contributed by atoms with Gasteiger partial charge in [-0.05, 0) is 18.6 Å². The third kappa shape index (κ3) is 2.83. The molecule has 2 heterocycles. The van der Waals surface area contributed by atoms with Gasteiger partial charge < -0.3 is 9.64 Å². The molecule has 0 aromatic carbocycles. The summed E-state index contributed by atoms with van der Waals surface area (Å²) in [6.45, 7) is 3.77. The zero-order chi connectivity index (χ0) is 11.4. The summed E-state index contributed by atoms with van der Waals surface area (Å²) >= 11 is 2.05. The van der Waals surface area contributed by atoms with Gasteiger partial charge in [0.15, 0.2) is 0 Å². The van der Waals surface area contributed by atoms with Crippen LogP contribution in [0.25, 0.3) is 0 Å². The molecule has 2 rings (SSSR count). The summed E-state index contributed by atoms with van der Waals surface area (Å²) in [6.07, 6.45) is 2.20. The van der Waals surface area contributed by atoms with Gasteiger partial charge in [-0.15, -0.1) is 0 Å². The second-order valence-electron chi connectivity index (χ2n) is 4.36. The molecule has 0 aromatic rings. The molecular formula is C11H20N2O2S. The summed E-state index contributed by atoms with van der Waals surface area (Å²) in [5.41, 5.74) is 0. The summed E-state index contributed by atoms with van der Waals surface area (Å²) in [5.74, 6) is 2.56. The first-order chi connectivity index (χ1) is 7.81. The molecule has 1 amide bonds. The minimum absolute atomic E-state index is 0.178. The van der Waals surface area contributed by atoms with Gasteiger partial charge in [0.25, 0.3) is 0 Å². The zero-order valence-corrected chi connectivity index (χ0v) is 10.7. The fourth-order valence-corrected chi connectivity index (χ4v) is 3.68. The van der Waals surface area contributed by atoms with Crippen molar-refractivity contribution in [3.05, 3.63) is 0 Å². The molecule has 0 N–H and O–H groups in total. The fraction of sp³-hybridized carbons (Fsp3) is 0.909. The average Bonchev–Trinajstić information content (AvgIpc) is 2.73. The van der Waals surface area contributed by atoms with E-state index in [1.807, 2.05) is 16.7 Å². The first-order valence-electron chi connectivity index (χ1n) is 5.96. The van der Waals surface area contributed by atoms with Crippen molar-refractivity contribution in [1.29, 1.82) is 0 Å². The molecule has 0 bridgehead atoms. The van der Waals surface area contributed by atoms with Gasteiger partial charge >= 0.3 is 6.09 Å². The predicted molar refractivity (Wildman–Crippen MR) is 65.9 cm³/mol. The summed E-state index contributed by atoms with van der Waals surface area (Å²) in [7, 11) is 1.46. The van der Waals surface area contributed by atoms with Crippen molar-refractivity contribution in [2.24, 2.45) is 0 Å². The summed E-state index contributed by atoms with van der Waals surface area (Å²) in [6, 6.07) is 0.739. The number of nitrogens with zero attached hydrogens (tertiary/aromatic N) is 2. The van der Waals surface area contributed by atoms with E-state index < -0.39 is 0 Å². The first kappa shape index (κ1) is 12.0. The highest BCUT2D eigenvalue weighted by Gasteiger charge is 2.26. The van der Waals surface area contributed by atoms with Crippen molar-refractivity contribution < 1.29 is 9.53 Å². The molecule has 5 heteroatoms. The van der Waals surface area contributed by atoms with E-state index in [2.05, 4.69) is 4.90 Å². The molecule has 0 radical (unpaired) electrons. The molecule has 2 aliphatic heterocycles. The van der Waals surface area contributed by atoms with Crippen molar-refractivity contribution in [1.82, 2.24) is 9.80 Å². The maximum atomic E-state index is 11.4. The second-order valence-corrected chi connectivity index (χ2v) is 5.51. The van der Waals surface area contributed by atoms with Gasteiger partial charge in [-0.25, -0.2) is 4.79 Å². The highest BCUT2D eigenvalue weighted by molar-refractivity contribution is 7.99. The molecular weight excluding hydrogens is 224 g/mol. The SMILES string of the molecule is COC(=O)N1CCCN(C2CCSC2)CC1. The van der Waals surface area contributed by atoms with Crippen LogP contribution in [0.5, 0.6) is 0 Å². The Morgan fingerprint density at radius 3 is 2.88 bits per heavy atom. The van der Waals surface area contributed by atoms with Crippen LogP contribution in [0, 0.1) is 0 Å². The minimum Gasteiger partial charge on any atom is -0.453 e. The Morgan fingerprint density at radius 2 is 2.19 bits per heavy atom. The summed E-state index contributed by atoms with van der Waals surface area (Å²) in [5, 5.41) is 0. The Hall–Kier alpha value is -0.420. The molecule has 1 atom stereocenters. The van der Waals surface area contributed by atoms with E-state index in [-0.39, 0.29) is 6.09 Å². The lowest BCUT2D eigenvalue weighted by atomic mass is 10.2. The standard InChI is InChI=1S/C11H20N2O2S/c1-15-11(14)13-5-2-4-12(6-7-13)10-3-8-16-9-10/h10H,2-9H2,1H3. The molecule has 1 unspecified atom stereocenters. The van der Waals surface area contributed by atoms with Crippen LogP contribution < -0.4 is 0 Å². The van der Waals surface area contributed by atoms with Crippen molar-refractivity contribution in [2.75, 3.05) is 44.8 Å². The molecule has 0 spiro atoms. The van der Waals surface area contributed by atoms with Crippen molar-refractivity contribution in [2.45, 2.75) is 18.9 Å². The number of carbonyl (C=O) groups excluding carboxylic acids is 1. The molecule has 0 aromatic heterocycles. The van der Waals surface area contributed by atoms with E-state index in [0.29, 0.717) is 0 Å². The number of methoxy groups -OCH3 is 1. The number of ether oxygens (including phenoxy) is 1. The van der Waals surface area contributed by atoms with Crippen molar-refractivity contribution >= 4 is 17.9 Å². The highest BCUT2D eigenvalue weighted by Crippen LogP contribution is 2.23. The van der Waals surface area contributed by atoms with Gasteiger partial charge in [0.1, 0.15) is 0 Å². The van der Waals surface area contributed by atoms with Crippen LogP contribution in [0.1, 0.15) is 12.8 Å². The number of hydrogen-bond acceptors (Lipinski definition) is 4. The number of amides is 1. The van der Waals surface area contributed by atoms with E-state index in [9.17, 15) is 4.79 Å². The number of thioether (sulfide) groups is 1. The molecule has 16 heavy (non-hydrogen) atoms. The molecule has 4 nitrogen and oxygen atoms in total. The van der Waals surface area contributed by atoms with E-state index in [1.54, 1.807) is 0 Å². The van der Waals surface area contributed by atoms with Gasteiger partial charge in [0.2, 0.25) is 0 Å². The number of rotatable bonds is 1. The monoisotopic (exact) mass is 244 g/mol. The predicted octanol–water partition coefficient (Wildman–Crippen LogP) is 1.27. The van der Waals surface area contributed by atoms with Gasteiger partial charge in [-0.1, -0.05) is 0 Å². The maximum absolute atomic E-state index is 11.4. The number of hydrogen-bond donors (Lipinski definition) is 0. The Bertz CT molecular complexity index is 244. The third-order valence-electron chi connectivity index (χ3n) is 3.39. The van der Waals surface area contributed by atoms with Gasteiger partial charge in [-0.2, -0.15) is 11.8 Å². The quantitative estimate of drug-likeness (QED) is 0.695. The summed E-state index contributed by atoms with van der Waals surface area (Å²) < 4.78 is 4.77. The Labute approximate surface area is 101 Å². The van der Waals surface area contributed by atoms with Crippen LogP contribution in [-0.2, 0) is 4.74 Å². The van der Waals surface area contributed by atoms with Crippen molar-refractivity contribution in [3.8, 4) is 0 Å². The lowest BCUT2D eigenvalue weighted by molar-refractivity contribution is 0.123. The first-order valence-corrected chi connectivity index (χ1v) is 7.11. The van der Waals surface area contributed by atoms with E-state index >= 15 is 0 Å². The molecule has 2 fully saturated rings. The van der Waals surface area contributed by atoms with Gasteiger partial charge in [0.05, 0.1) is 7.11 Å². The molecule has 2 saturated heterocycles. The van der Waals surface area contributed by atoms with Crippen LogP contribution in [0.3, 0.4) is 0 Å². The third-order valence-corrected chi connectivity index (χ3v) is 4.53. The lowest BCUT2D eigenvalue weighted by Gasteiger charge is -2.26. The van der Waals surface area contributed by atoms with Crippen LogP contribution in [0.15, 0.2) is 0 Å². The van der Waals surface area contributed by atoms with E-state index in [1.165, 1.54) is 25.0 Å². The molecule has 0 aliphatic carbocycles. The van der Waals surface area contributed by atoms with Crippen LogP contribution >= 0.6 is 11.8 Å². The molecule has 2 aliphatic rings. The summed E-state index contributed by atoms with van der Waals surface area (Å²) in [4.78, 5) is 15.8. The smallest absolute Gasteiger partial charge is 0.409 e. The fourth-order valence-electron chi connectivity index (χ4n) is 2.42. The lowest BCUT2D eigenvalue weighted by Crippen LogP contribution is -2.39. The topological polar surface area (TPSA) is 32.8 Å². The largest absolute Gasteiger partial charge is 0.453 e. The van der Waals surface area contributed by atoms with E-state index in [4.69, 9.17) is 4.74 Å². The zero-order valence-electron chi connectivity index (χ0n) is 9.85. The maximum Gasteiger partial charge on any atom is 0.409 e. The Morgan fingerprint density at radius 1 is 1.31 bits per heavy atom. The van der Waals surface area contributed by atoms with E-state index in [0.717, 1.165) is 38.6 Å². The van der Waals surface area contributed by atoms with Crippen LogP contribution in [0.2, 0.25) is 0 Å². The molecule has 92 valence electrons. The van der Waals surface area contributed by atoms with Crippen molar-refractivity contribution in [3.63, 3.8) is 0 Å². The highest BCUT2D eigenvalue weighted by atomic mass is 32.2.